The van der Waals surface area contributed by atoms with Crippen molar-refractivity contribution >= 4 is 5.69 Å². The molecule has 2 N–H and O–H groups in total. The van der Waals surface area contributed by atoms with Gasteiger partial charge in [-0.3, -0.25) is 0 Å². The van der Waals surface area contributed by atoms with Gasteiger partial charge in [0.15, 0.2) is 0 Å². The van der Waals surface area contributed by atoms with Crippen molar-refractivity contribution in [1.82, 2.24) is 0 Å². The Kier molecular flexibility index (Phi) is 3.28. The van der Waals surface area contributed by atoms with Crippen LogP contribution in [0.4, 0.5) is 10.1 Å². The van der Waals surface area contributed by atoms with Gasteiger partial charge in [-0.15, -0.1) is 0 Å². The lowest BCUT2D eigenvalue weighted by atomic mass is 10.2. The molecular formula is C14H14FNO. The third-order valence-corrected chi connectivity index (χ3v) is 2.67. The molecule has 0 bridgehead atoms. The van der Waals surface area contributed by atoms with Gasteiger partial charge in [0.05, 0.1) is 0 Å². The highest BCUT2D eigenvalue weighted by atomic mass is 19.1. The van der Waals surface area contributed by atoms with Gasteiger partial charge in [0.1, 0.15) is 18.2 Å². The van der Waals surface area contributed by atoms with Gasteiger partial charge in [-0.25, -0.2) is 4.39 Å². The van der Waals surface area contributed by atoms with Crippen LogP contribution in [0.1, 0.15) is 11.1 Å². The summed E-state index contributed by atoms with van der Waals surface area (Å²) in [6.45, 7) is 2.09. The van der Waals surface area contributed by atoms with Crippen LogP contribution in [-0.2, 0) is 6.61 Å². The Balaban J connectivity index is 2.13. The zero-order chi connectivity index (χ0) is 12.3. The highest BCUT2D eigenvalue weighted by Crippen LogP contribution is 2.24. The van der Waals surface area contributed by atoms with Gasteiger partial charge >= 0.3 is 0 Å². The molecule has 0 aromatic heterocycles. The summed E-state index contributed by atoms with van der Waals surface area (Å²) in [7, 11) is 0. The number of nitrogens with two attached hydrogens (primary N) is 1. The molecule has 0 fully saturated rings. The molecule has 2 aromatic carbocycles. The molecule has 0 saturated heterocycles. The Bertz CT molecular complexity index is 525. The van der Waals surface area contributed by atoms with Gasteiger partial charge in [-0.05, 0) is 25.1 Å². The van der Waals surface area contributed by atoms with E-state index >= 15 is 0 Å². The molecule has 0 amide bonds. The fourth-order valence-electron chi connectivity index (χ4n) is 1.56. The van der Waals surface area contributed by atoms with E-state index in [0.29, 0.717) is 17.0 Å². The minimum absolute atomic E-state index is 0.205. The zero-order valence-corrected chi connectivity index (χ0v) is 9.61. The van der Waals surface area contributed by atoms with Crippen LogP contribution in [0.25, 0.3) is 0 Å². The third kappa shape index (κ3) is 2.56. The second-order valence-electron chi connectivity index (χ2n) is 3.85. The van der Waals surface area contributed by atoms with E-state index in [1.54, 1.807) is 18.2 Å². The topological polar surface area (TPSA) is 35.2 Å². The molecule has 0 aliphatic rings. The quantitative estimate of drug-likeness (QED) is 0.822. The molecular weight excluding hydrogens is 217 g/mol. The molecule has 2 aromatic rings. The van der Waals surface area contributed by atoms with Crippen molar-refractivity contribution in [2.75, 3.05) is 5.73 Å². The van der Waals surface area contributed by atoms with Gasteiger partial charge in [0.25, 0.3) is 0 Å². The second kappa shape index (κ2) is 4.87. The summed E-state index contributed by atoms with van der Waals surface area (Å²) >= 11 is 0. The molecule has 0 aliphatic heterocycles. The van der Waals surface area contributed by atoms with Crippen LogP contribution in [0.15, 0.2) is 42.5 Å². The smallest absolute Gasteiger partial charge is 0.129 e. The van der Waals surface area contributed by atoms with Crippen molar-refractivity contribution in [3.63, 3.8) is 0 Å². The fraction of sp³-hybridized carbons (Fsp3) is 0.143. The normalized spacial score (nSPS) is 10.2. The minimum atomic E-state index is -0.256. The Labute approximate surface area is 99.8 Å². The van der Waals surface area contributed by atoms with Gasteiger partial charge < -0.3 is 10.5 Å². The lowest BCUT2D eigenvalue weighted by molar-refractivity contribution is 0.298. The molecule has 0 heterocycles. The summed E-state index contributed by atoms with van der Waals surface area (Å²) in [5.74, 6) is 0.433. The van der Waals surface area contributed by atoms with Gasteiger partial charge in [0.2, 0.25) is 0 Å². The Morgan fingerprint density at radius 2 is 1.88 bits per heavy atom. The van der Waals surface area contributed by atoms with E-state index in [0.717, 1.165) is 5.56 Å². The first-order valence-corrected chi connectivity index (χ1v) is 5.40. The molecule has 2 rings (SSSR count). The number of anilines is 1. The maximum absolute atomic E-state index is 13.4. The predicted molar refractivity (Wildman–Crippen MR) is 66.3 cm³/mol. The molecule has 3 heteroatoms. The maximum atomic E-state index is 13.4. The Morgan fingerprint density at radius 1 is 1.12 bits per heavy atom. The van der Waals surface area contributed by atoms with Crippen LogP contribution in [0.5, 0.6) is 5.75 Å². The van der Waals surface area contributed by atoms with E-state index in [1.807, 2.05) is 25.1 Å². The first-order chi connectivity index (χ1) is 8.18. The summed E-state index contributed by atoms with van der Waals surface area (Å²) < 4.78 is 18.9. The summed E-state index contributed by atoms with van der Waals surface area (Å²) in [5, 5.41) is 0. The van der Waals surface area contributed by atoms with E-state index in [-0.39, 0.29) is 12.4 Å². The lowest BCUT2D eigenvalue weighted by Crippen LogP contribution is -2.00. The summed E-state index contributed by atoms with van der Waals surface area (Å²) in [6, 6.07) is 12.0. The second-order valence-corrected chi connectivity index (χ2v) is 3.85. The Morgan fingerprint density at radius 3 is 2.65 bits per heavy atom. The van der Waals surface area contributed by atoms with Crippen molar-refractivity contribution in [3.8, 4) is 5.75 Å². The standard InChI is InChI=1S/C14H14FNO/c1-10-13(16)7-4-8-14(10)17-9-11-5-2-3-6-12(11)15/h2-8H,9,16H2,1H3. The van der Waals surface area contributed by atoms with Gasteiger partial charge in [-0.1, -0.05) is 24.3 Å². The highest BCUT2D eigenvalue weighted by Gasteiger charge is 2.05. The lowest BCUT2D eigenvalue weighted by Gasteiger charge is -2.11. The monoisotopic (exact) mass is 231 g/mol. The van der Waals surface area contributed by atoms with Crippen LogP contribution < -0.4 is 10.5 Å². The van der Waals surface area contributed by atoms with E-state index in [1.165, 1.54) is 6.07 Å². The van der Waals surface area contributed by atoms with Crippen LogP contribution in [0, 0.1) is 12.7 Å². The number of ether oxygens (including phenoxy) is 1. The van der Waals surface area contributed by atoms with Crippen LogP contribution in [0.3, 0.4) is 0 Å². The molecule has 0 unspecified atom stereocenters. The predicted octanol–water partition coefficient (Wildman–Crippen LogP) is 3.30. The number of rotatable bonds is 3. The molecule has 0 aliphatic carbocycles. The molecule has 0 saturated carbocycles. The molecule has 88 valence electrons. The average Bonchev–Trinajstić information content (AvgIpc) is 2.33. The molecule has 0 atom stereocenters. The van der Waals surface area contributed by atoms with Gasteiger partial charge in [-0.2, -0.15) is 0 Å². The number of halogens is 1. The van der Waals surface area contributed by atoms with E-state index < -0.39 is 0 Å². The van der Waals surface area contributed by atoms with Crippen molar-refractivity contribution < 1.29 is 9.13 Å². The van der Waals surface area contributed by atoms with Crippen LogP contribution in [0.2, 0.25) is 0 Å². The van der Waals surface area contributed by atoms with E-state index in [4.69, 9.17) is 10.5 Å². The number of hydrogen-bond donors (Lipinski definition) is 1. The van der Waals surface area contributed by atoms with Crippen molar-refractivity contribution in [2.24, 2.45) is 0 Å². The maximum Gasteiger partial charge on any atom is 0.129 e. The number of hydrogen-bond acceptors (Lipinski definition) is 2. The molecule has 2 nitrogen and oxygen atoms in total. The van der Waals surface area contributed by atoms with Crippen molar-refractivity contribution in [2.45, 2.75) is 13.5 Å². The summed E-state index contributed by atoms with van der Waals surface area (Å²) in [5.41, 5.74) is 7.86. The minimum Gasteiger partial charge on any atom is -0.488 e. The van der Waals surface area contributed by atoms with Crippen LogP contribution in [-0.4, -0.2) is 0 Å². The zero-order valence-electron chi connectivity index (χ0n) is 9.61. The molecule has 0 spiro atoms. The highest BCUT2D eigenvalue weighted by molar-refractivity contribution is 5.53. The molecule has 0 radical (unpaired) electrons. The summed E-state index contributed by atoms with van der Waals surface area (Å²) in [4.78, 5) is 0. The first kappa shape index (κ1) is 11.5. The number of nitrogen functional groups attached to an aromatic ring is 1. The third-order valence-electron chi connectivity index (χ3n) is 2.67. The largest absolute Gasteiger partial charge is 0.488 e. The fourth-order valence-corrected chi connectivity index (χ4v) is 1.56. The average molecular weight is 231 g/mol. The molecule has 17 heavy (non-hydrogen) atoms. The Hall–Kier alpha value is -2.03. The van der Waals surface area contributed by atoms with Crippen LogP contribution >= 0.6 is 0 Å². The van der Waals surface area contributed by atoms with E-state index in [9.17, 15) is 4.39 Å². The van der Waals surface area contributed by atoms with Gasteiger partial charge in [0, 0.05) is 16.8 Å². The first-order valence-electron chi connectivity index (χ1n) is 5.40. The summed E-state index contributed by atoms with van der Waals surface area (Å²) in [6.07, 6.45) is 0. The number of benzene rings is 2. The van der Waals surface area contributed by atoms with Crippen molar-refractivity contribution in [1.29, 1.82) is 0 Å². The SMILES string of the molecule is Cc1c(N)cccc1OCc1ccccc1F. The van der Waals surface area contributed by atoms with Crippen molar-refractivity contribution in [3.05, 3.63) is 59.4 Å². The van der Waals surface area contributed by atoms with E-state index in [2.05, 4.69) is 0 Å².